The fraction of sp³-hybridized carbons (Fsp3) is 0.167. The van der Waals surface area contributed by atoms with Gasteiger partial charge in [0, 0.05) is 29.4 Å². The number of carbonyl (C=O) groups excluding carboxylic acids is 2. The topological polar surface area (TPSA) is 86.7 Å². The van der Waals surface area contributed by atoms with Crippen LogP contribution in [-0.4, -0.2) is 29.4 Å². The summed E-state index contributed by atoms with van der Waals surface area (Å²) in [5.41, 5.74) is 0.887. The van der Waals surface area contributed by atoms with Crippen molar-refractivity contribution in [3.05, 3.63) is 58.1 Å². The summed E-state index contributed by atoms with van der Waals surface area (Å²) in [5, 5.41) is 12.4. The maximum atomic E-state index is 12.5. The molecule has 2 N–H and O–H groups in total. The molecule has 1 aliphatic heterocycles. The van der Waals surface area contributed by atoms with Crippen molar-refractivity contribution in [2.75, 3.05) is 16.8 Å². The zero-order chi connectivity index (χ0) is 18.8. The molecule has 6 nitrogen and oxygen atoms in total. The molecule has 0 spiro atoms. The monoisotopic (exact) mass is 392 g/mol. The van der Waals surface area contributed by atoms with E-state index in [1.807, 2.05) is 0 Å². The smallest absolute Gasteiger partial charge is 0.337 e. The molecule has 1 saturated heterocycles. The van der Waals surface area contributed by atoms with E-state index >= 15 is 0 Å². The third kappa shape index (κ3) is 3.81. The summed E-state index contributed by atoms with van der Waals surface area (Å²) < 4.78 is 0. The summed E-state index contributed by atoms with van der Waals surface area (Å²) in [6.45, 7) is 0.242. The molecule has 2 amide bonds. The molecule has 0 bridgehead atoms. The Bertz CT molecular complexity index is 883. The van der Waals surface area contributed by atoms with Crippen molar-refractivity contribution in [1.29, 1.82) is 0 Å². The quantitative estimate of drug-likeness (QED) is 0.830. The van der Waals surface area contributed by atoms with E-state index in [-0.39, 0.29) is 35.4 Å². The molecule has 1 fully saturated rings. The zero-order valence-corrected chi connectivity index (χ0v) is 14.9. The van der Waals surface area contributed by atoms with Gasteiger partial charge in [-0.25, -0.2) is 4.79 Å². The maximum Gasteiger partial charge on any atom is 0.337 e. The highest BCUT2D eigenvalue weighted by atomic mass is 35.5. The van der Waals surface area contributed by atoms with Gasteiger partial charge in [0.2, 0.25) is 11.8 Å². The third-order valence-corrected chi connectivity index (χ3v) is 4.68. The van der Waals surface area contributed by atoms with Crippen LogP contribution in [0.15, 0.2) is 42.5 Å². The van der Waals surface area contributed by atoms with Crippen LogP contribution in [0.2, 0.25) is 10.0 Å². The largest absolute Gasteiger partial charge is 0.478 e. The lowest BCUT2D eigenvalue weighted by Crippen LogP contribution is -2.28. The van der Waals surface area contributed by atoms with Crippen molar-refractivity contribution in [3.63, 3.8) is 0 Å². The lowest BCUT2D eigenvalue weighted by atomic mass is 10.1. The number of hydrogen-bond acceptors (Lipinski definition) is 3. The Hall–Kier alpha value is -2.57. The van der Waals surface area contributed by atoms with E-state index in [1.54, 1.807) is 24.3 Å². The highest BCUT2D eigenvalue weighted by molar-refractivity contribution is 6.33. The Labute approximate surface area is 159 Å². The molecule has 2 aromatic carbocycles. The average Bonchev–Trinajstić information content (AvgIpc) is 2.99. The second kappa shape index (κ2) is 7.35. The molecule has 0 aromatic heterocycles. The molecule has 0 saturated carbocycles. The maximum absolute atomic E-state index is 12.5. The van der Waals surface area contributed by atoms with E-state index in [0.29, 0.717) is 16.4 Å². The van der Waals surface area contributed by atoms with Crippen molar-refractivity contribution >= 4 is 52.4 Å². The molecule has 0 radical (unpaired) electrons. The first-order valence-corrected chi connectivity index (χ1v) is 8.50. The number of aromatic carboxylic acids is 1. The summed E-state index contributed by atoms with van der Waals surface area (Å²) in [6, 6.07) is 11.0. The van der Waals surface area contributed by atoms with Gasteiger partial charge in [-0.3, -0.25) is 9.59 Å². The number of nitrogens with one attached hydrogen (secondary N) is 1. The van der Waals surface area contributed by atoms with Gasteiger partial charge in [-0.05, 0) is 42.5 Å². The van der Waals surface area contributed by atoms with Crippen LogP contribution in [0.1, 0.15) is 16.8 Å². The van der Waals surface area contributed by atoms with Gasteiger partial charge < -0.3 is 15.3 Å². The number of amides is 2. The Morgan fingerprint density at radius 1 is 1.12 bits per heavy atom. The minimum Gasteiger partial charge on any atom is -0.478 e. The van der Waals surface area contributed by atoms with Crippen molar-refractivity contribution < 1.29 is 19.5 Å². The molecule has 0 aliphatic carbocycles. The van der Waals surface area contributed by atoms with Crippen LogP contribution in [-0.2, 0) is 9.59 Å². The zero-order valence-electron chi connectivity index (χ0n) is 13.4. The molecule has 1 atom stereocenters. The molecule has 1 unspecified atom stereocenters. The number of hydrogen-bond donors (Lipinski definition) is 2. The Morgan fingerprint density at radius 2 is 1.81 bits per heavy atom. The van der Waals surface area contributed by atoms with E-state index in [2.05, 4.69) is 5.32 Å². The molecule has 8 heteroatoms. The number of nitrogens with zero attached hydrogens (tertiary/aromatic N) is 1. The van der Waals surface area contributed by atoms with E-state index in [4.69, 9.17) is 28.3 Å². The van der Waals surface area contributed by atoms with Gasteiger partial charge in [0.15, 0.2) is 0 Å². The van der Waals surface area contributed by atoms with Crippen LogP contribution in [0, 0.1) is 5.92 Å². The lowest BCUT2D eigenvalue weighted by molar-refractivity contribution is -0.122. The summed E-state index contributed by atoms with van der Waals surface area (Å²) in [7, 11) is 0. The lowest BCUT2D eigenvalue weighted by Gasteiger charge is -2.17. The van der Waals surface area contributed by atoms with Gasteiger partial charge in [-0.2, -0.15) is 0 Å². The number of rotatable bonds is 4. The minimum atomic E-state index is -1.18. The Kier molecular flexibility index (Phi) is 5.15. The summed E-state index contributed by atoms with van der Waals surface area (Å²) in [4.78, 5) is 37.4. The van der Waals surface area contributed by atoms with Gasteiger partial charge >= 0.3 is 5.97 Å². The first-order chi connectivity index (χ1) is 12.3. The third-order valence-electron chi connectivity index (χ3n) is 4.10. The van der Waals surface area contributed by atoms with Gasteiger partial charge in [0.05, 0.1) is 16.5 Å². The second-order valence-electron chi connectivity index (χ2n) is 5.87. The van der Waals surface area contributed by atoms with E-state index < -0.39 is 11.9 Å². The number of halogens is 2. The Morgan fingerprint density at radius 3 is 2.46 bits per heavy atom. The number of benzene rings is 2. The highest BCUT2D eigenvalue weighted by Crippen LogP contribution is 2.28. The number of carboxylic acids is 1. The van der Waals surface area contributed by atoms with Crippen molar-refractivity contribution in [3.8, 4) is 0 Å². The van der Waals surface area contributed by atoms with Crippen LogP contribution in [0.3, 0.4) is 0 Å². The van der Waals surface area contributed by atoms with Crippen molar-refractivity contribution in [1.82, 2.24) is 0 Å². The van der Waals surface area contributed by atoms with Crippen molar-refractivity contribution in [2.45, 2.75) is 6.42 Å². The predicted octanol–water partition coefficient (Wildman–Crippen LogP) is 3.68. The molecule has 26 heavy (non-hydrogen) atoms. The van der Waals surface area contributed by atoms with E-state index in [0.717, 1.165) is 0 Å². The SMILES string of the molecule is O=C(O)c1cc(NC(=O)C2CC(=O)N(c3ccc(Cl)cc3)C2)ccc1Cl. The first kappa shape index (κ1) is 18.2. The number of carbonyl (C=O) groups is 3. The van der Waals surface area contributed by atoms with Crippen LogP contribution >= 0.6 is 23.2 Å². The molecular formula is C18H14Cl2N2O4. The normalized spacial score (nSPS) is 16.6. The standard InChI is InChI=1S/C18H14Cl2N2O4/c19-11-1-4-13(5-2-11)22-9-10(7-16(22)23)17(24)21-12-3-6-15(20)14(8-12)18(25)26/h1-6,8,10H,7,9H2,(H,21,24)(H,25,26). The van der Waals surface area contributed by atoms with Crippen molar-refractivity contribution in [2.24, 2.45) is 5.92 Å². The summed E-state index contributed by atoms with van der Waals surface area (Å²) in [5.74, 6) is -2.23. The summed E-state index contributed by atoms with van der Waals surface area (Å²) >= 11 is 11.7. The Balaban J connectivity index is 1.71. The second-order valence-corrected chi connectivity index (χ2v) is 6.71. The van der Waals surface area contributed by atoms with Crippen LogP contribution in [0.5, 0.6) is 0 Å². The first-order valence-electron chi connectivity index (χ1n) is 7.75. The van der Waals surface area contributed by atoms with E-state index in [9.17, 15) is 14.4 Å². The molecule has 2 aromatic rings. The van der Waals surface area contributed by atoms with Crippen LogP contribution < -0.4 is 10.2 Å². The number of carboxylic acid groups (broad SMARTS) is 1. The van der Waals surface area contributed by atoms with Gasteiger partial charge in [-0.15, -0.1) is 0 Å². The number of anilines is 2. The molecular weight excluding hydrogens is 379 g/mol. The fourth-order valence-corrected chi connectivity index (χ4v) is 3.09. The molecule has 1 heterocycles. The average molecular weight is 393 g/mol. The minimum absolute atomic E-state index is 0.0772. The van der Waals surface area contributed by atoms with Crippen LogP contribution in [0.25, 0.3) is 0 Å². The molecule has 1 aliphatic rings. The van der Waals surface area contributed by atoms with Gasteiger partial charge in [0.1, 0.15) is 0 Å². The fourth-order valence-electron chi connectivity index (χ4n) is 2.77. The highest BCUT2D eigenvalue weighted by Gasteiger charge is 2.35. The van der Waals surface area contributed by atoms with Crippen LogP contribution in [0.4, 0.5) is 11.4 Å². The molecule has 3 rings (SSSR count). The van der Waals surface area contributed by atoms with Gasteiger partial charge in [-0.1, -0.05) is 23.2 Å². The predicted molar refractivity (Wildman–Crippen MR) is 99.0 cm³/mol. The van der Waals surface area contributed by atoms with E-state index in [1.165, 1.54) is 23.1 Å². The molecule has 134 valence electrons. The van der Waals surface area contributed by atoms with Gasteiger partial charge in [0.25, 0.3) is 0 Å². The summed E-state index contributed by atoms with van der Waals surface area (Å²) in [6.07, 6.45) is 0.0772.